The number of amides is 1. The maximum Gasteiger partial charge on any atom is 0.244 e. The first-order valence-corrected chi connectivity index (χ1v) is 9.17. The monoisotopic (exact) mass is 367 g/mol. The first kappa shape index (κ1) is 19.0. The second-order valence-corrected chi connectivity index (χ2v) is 6.40. The third-order valence-electron chi connectivity index (χ3n) is 4.38. The molecule has 1 atom stereocenters. The van der Waals surface area contributed by atoms with Gasteiger partial charge in [-0.25, -0.2) is 0 Å². The number of ether oxygens (including phenoxy) is 3. The Morgan fingerprint density at radius 1 is 1.22 bits per heavy atom. The van der Waals surface area contributed by atoms with Crippen LogP contribution in [0.4, 0.5) is 0 Å². The van der Waals surface area contributed by atoms with E-state index < -0.39 is 0 Å². The number of rotatable bonds is 8. The fourth-order valence-corrected chi connectivity index (χ4v) is 2.89. The zero-order valence-corrected chi connectivity index (χ0v) is 15.5. The van der Waals surface area contributed by atoms with Crippen LogP contribution in [0.2, 0.25) is 0 Å². The molecule has 5 nitrogen and oxygen atoms in total. The Labute approximate surface area is 159 Å². The quantitative estimate of drug-likeness (QED) is 0.725. The molecule has 27 heavy (non-hydrogen) atoms. The summed E-state index contributed by atoms with van der Waals surface area (Å²) in [4.78, 5) is 11.9. The van der Waals surface area contributed by atoms with Crippen molar-refractivity contribution in [2.75, 3.05) is 20.3 Å². The van der Waals surface area contributed by atoms with Crippen molar-refractivity contribution in [3.05, 3.63) is 65.7 Å². The second kappa shape index (κ2) is 9.78. The molecule has 1 amide bonds. The first-order valence-electron chi connectivity index (χ1n) is 9.17. The van der Waals surface area contributed by atoms with E-state index in [-0.39, 0.29) is 12.0 Å². The van der Waals surface area contributed by atoms with E-state index in [1.165, 1.54) is 6.08 Å². The molecule has 0 radical (unpaired) electrons. The summed E-state index contributed by atoms with van der Waals surface area (Å²) in [5, 5.41) is 2.87. The highest BCUT2D eigenvalue weighted by molar-refractivity contribution is 5.91. The smallest absolute Gasteiger partial charge is 0.244 e. The minimum atomic E-state index is -0.131. The van der Waals surface area contributed by atoms with E-state index in [2.05, 4.69) is 5.32 Å². The van der Waals surface area contributed by atoms with Crippen LogP contribution in [0.3, 0.4) is 0 Å². The zero-order chi connectivity index (χ0) is 18.9. The van der Waals surface area contributed by atoms with Crippen LogP contribution in [-0.2, 0) is 16.1 Å². The average molecular weight is 367 g/mol. The molecule has 0 saturated carbocycles. The number of carbonyl (C=O) groups is 1. The molecule has 3 rings (SSSR count). The van der Waals surface area contributed by atoms with Crippen molar-refractivity contribution < 1.29 is 19.0 Å². The fraction of sp³-hybridized carbons (Fsp3) is 0.318. The first-order chi connectivity index (χ1) is 13.2. The highest BCUT2D eigenvalue weighted by Crippen LogP contribution is 2.29. The molecule has 1 saturated heterocycles. The molecule has 5 heteroatoms. The topological polar surface area (TPSA) is 56.8 Å². The summed E-state index contributed by atoms with van der Waals surface area (Å²) in [6.45, 7) is 1.81. The van der Waals surface area contributed by atoms with Crippen molar-refractivity contribution >= 4 is 12.0 Å². The van der Waals surface area contributed by atoms with Gasteiger partial charge < -0.3 is 19.5 Å². The Kier molecular flexibility index (Phi) is 6.88. The molecular weight excluding hydrogens is 342 g/mol. The lowest BCUT2D eigenvalue weighted by molar-refractivity contribution is -0.116. The van der Waals surface area contributed by atoms with Gasteiger partial charge in [-0.05, 0) is 42.2 Å². The van der Waals surface area contributed by atoms with Gasteiger partial charge in [-0.3, -0.25) is 4.79 Å². The Morgan fingerprint density at radius 3 is 2.81 bits per heavy atom. The van der Waals surface area contributed by atoms with Gasteiger partial charge in [-0.2, -0.15) is 0 Å². The molecule has 1 heterocycles. The van der Waals surface area contributed by atoms with Crippen LogP contribution < -0.4 is 14.8 Å². The van der Waals surface area contributed by atoms with Gasteiger partial charge in [0, 0.05) is 19.2 Å². The molecule has 1 unspecified atom stereocenters. The van der Waals surface area contributed by atoms with Crippen molar-refractivity contribution in [2.45, 2.75) is 25.6 Å². The van der Waals surface area contributed by atoms with Crippen LogP contribution in [-0.4, -0.2) is 32.3 Å². The highest BCUT2D eigenvalue weighted by Gasteiger charge is 2.15. The van der Waals surface area contributed by atoms with E-state index in [0.717, 1.165) is 30.6 Å². The Balaban J connectivity index is 1.55. The van der Waals surface area contributed by atoms with Crippen LogP contribution in [0.25, 0.3) is 6.08 Å². The van der Waals surface area contributed by atoms with Gasteiger partial charge in [-0.1, -0.05) is 36.4 Å². The van der Waals surface area contributed by atoms with Gasteiger partial charge in [0.1, 0.15) is 6.61 Å². The minimum absolute atomic E-state index is 0.131. The van der Waals surface area contributed by atoms with E-state index in [1.807, 2.05) is 48.5 Å². The molecule has 1 aliphatic rings. The van der Waals surface area contributed by atoms with E-state index in [1.54, 1.807) is 13.2 Å². The van der Waals surface area contributed by atoms with E-state index in [4.69, 9.17) is 14.2 Å². The highest BCUT2D eigenvalue weighted by atomic mass is 16.5. The maximum atomic E-state index is 11.9. The van der Waals surface area contributed by atoms with Gasteiger partial charge in [0.25, 0.3) is 0 Å². The Morgan fingerprint density at radius 2 is 2.07 bits per heavy atom. The summed E-state index contributed by atoms with van der Waals surface area (Å²) in [6, 6.07) is 15.6. The largest absolute Gasteiger partial charge is 0.493 e. The lowest BCUT2D eigenvalue weighted by Gasteiger charge is -2.11. The van der Waals surface area contributed by atoms with Gasteiger partial charge in [-0.15, -0.1) is 0 Å². The predicted octanol–water partition coefficient (Wildman–Crippen LogP) is 3.58. The lowest BCUT2D eigenvalue weighted by atomic mass is 10.2. The summed E-state index contributed by atoms with van der Waals surface area (Å²) in [7, 11) is 1.60. The molecular formula is C22H25NO4. The van der Waals surface area contributed by atoms with Crippen LogP contribution in [0.1, 0.15) is 24.0 Å². The third kappa shape index (κ3) is 5.86. The number of benzene rings is 2. The predicted molar refractivity (Wildman–Crippen MR) is 105 cm³/mol. The normalized spacial score (nSPS) is 16.4. The molecule has 142 valence electrons. The fourth-order valence-electron chi connectivity index (χ4n) is 2.89. The molecule has 0 aliphatic carbocycles. The summed E-state index contributed by atoms with van der Waals surface area (Å²) < 4.78 is 16.8. The van der Waals surface area contributed by atoms with Crippen LogP contribution in [0.15, 0.2) is 54.6 Å². The molecule has 0 aromatic heterocycles. The Bertz CT molecular complexity index is 767. The van der Waals surface area contributed by atoms with Crippen molar-refractivity contribution in [1.29, 1.82) is 0 Å². The van der Waals surface area contributed by atoms with Crippen molar-refractivity contribution in [3.8, 4) is 11.5 Å². The van der Waals surface area contributed by atoms with Gasteiger partial charge in [0.2, 0.25) is 5.91 Å². The van der Waals surface area contributed by atoms with Crippen molar-refractivity contribution in [2.24, 2.45) is 0 Å². The third-order valence-corrected chi connectivity index (χ3v) is 4.38. The molecule has 1 aliphatic heterocycles. The summed E-state index contributed by atoms with van der Waals surface area (Å²) in [6.07, 6.45) is 5.49. The molecule has 2 aromatic rings. The number of nitrogens with one attached hydrogen (secondary N) is 1. The molecule has 1 N–H and O–H groups in total. The number of carbonyl (C=O) groups excluding carboxylic acids is 1. The van der Waals surface area contributed by atoms with Gasteiger partial charge >= 0.3 is 0 Å². The summed E-state index contributed by atoms with van der Waals surface area (Å²) >= 11 is 0. The molecule has 2 aromatic carbocycles. The van der Waals surface area contributed by atoms with E-state index >= 15 is 0 Å². The molecule has 1 fully saturated rings. The van der Waals surface area contributed by atoms with E-state index in [9.17, 15) is 4.79 Å². The summed E-state index contributed by atoms with van der Waals surface area (Å²) in [5.41, 5.74) is 1.96. The molecule has 0 bridgehead atoms. The van der Waals surface area contributed by atoms with Crippen molar-refractivity contribution in [3.63, 3.8) is 0 Å². The summed E-state index contributed by atoms with van der Waals surface area (Å²) in [5.74, 6) is 1.17. The lowest BCUT2D eigenvalue weighted by Crippen LogP contribution is -2.30. The minimum Gasteiger partial charge on any atom is -0.493 e. The van der Waals surface area contributed by atoms with E-state index in [0.29, 0.717) is 24.7 Å². The van der Waals surface area contributed by atoms with Gasteiger partial charge in [0.15, 0.2) is 11.5 Å². The standard InChI is InChI=1S/C22H25NO4/c1-25-21-14-17(10-12-22(24)23-15-19-8-5-13-26-19)9-11-20(21)27-16-18-6-3-2-4-7-18/h2-4,6-7,9-12,14,19H,5,8,13,15-16H2,1H3,(H,23,24). The van der Waals surface area contributed by atoms with Crippen LogP contribution in [0.5, 0.6) is 11.5 Å². The molecule has 0 spiro atoms. The maximum absolute atomic E-state index is 11.9. The van der Waals surface area contributed by atoms with Crippen LogP contribution >= 0.6 is 0 Å². The second-order valence-electron chi connectivity index (χ2n) is 6.40. The van der Waals surface area contributed by atoms with Crippen LogP contribution in [0, 0.1) is 0 Å². The number of methoxy groups -OCH3 is 1. The SMILES string of the molecule is COc1cc(C=CC(=O)NCC2CCCO2)ccc1OCc1ccccc1. The average Bonchev–Trinajstić information content (AvgIpc) is 3.24. The zero-order valence-electron chi connectivity index (χ0n) is 15.5. The Hall–Kier alpha value is -2.79. The van der Waals surface area contributed by atoms with Crippen molar-refractivity contribution in [1.82, 2.24) is 5.32 Å². The number of hydrogen-bond acceptors (Lipinski definition) is 4. The van der Waals surface area contributed by atoms with Gasteiger partial charge in [0.05, 0.1) is 13.2 Å². The number of hydrogen-bond donors (Lipinski definition) is 1.